The Balaban J connectivity index is 1.71. The number of nitrogens with one attached hydrogen (secondary N) is 1. The molecule has 0 bridgehead atoms. The van der Waals surface area contributed by atoms with Crippen molar-refractivity contribution >= 4 is 11.6 Å². The maximum absolute atomic E-state index is 13.4. The van der Waals surface area contributed by atoms with Crippen molar-refractivity contribution in [2.75, 3.05) is 7.11 Å². The molecule has 1 aromatic carbocycles. The van der Waals surface area contributed by atoms with Crippen molar-refractivity contribution in [1.82, 2.24) is 19.9 Å². The number of fused-ring (bicyclic) bond motifs is 1. The third kappa shape index (κ3) is 3.59. The number of nitrogens with zero attached hydrogens (tertiary/aromatic N) is 3. The van der Waals surface area contributed by atoms with Crippen LogP contribution in [0.4, 0.5) is 13.2 Å². The van der Waals surface area contributed by atoms with E-state index in [1.807, 2.05) is 24.3 Å². The van der Waals surface area contributed by atoms with Crippen LogP contribution in [-0.4, -0.2) is 27.6 Å². The Bertz CT molecular complexity index is 1100. The van der Waals surface area contributed by atoms with Crippen molar-refractivity contribution in [2.45, 2.75) is 44.3 Å². The summed E-state index contributed by atoms with van der Waals surface area (Å²) in [5.41, 5.74) is -0.598. The summed E-state index contributed by atoms with van der Waals surface area (Å²) < 4.78 is 46.1. The van der Waals surface area contributed by atoms with Crippen LogP contribution in [0.25, 0.3) is 5.65 Å². The van der Waals surface area contributed by atoms with Gasteiger partial charge in [-0.05, 0) is 43.5 Å². The fourth-order valence-corrected chi connectivity index (χ4v) is 4.08. The summed E-state index contributed by atoms with van der Waals surface area (Å²) in [6.07, 6.45) is -1.29. The van der Waals surface area contributed by atoms with Crippen molar-refractivity contribution in [1.29, 1.82) is 0 Å². The highest BCUT2D eigenvalue weighted by Gasteiger charge is 2.39. The molecule has 158 valence electrons. The number of hydrogen-bond acceptors (Lipinski definition) is 4. The molecule has 0 saturated heterocycles. The van der Waals surface area contributed by atoms with E-state index < -0.39 is 23.3 Å². The van der Waals surface area contributed by atoms with E-state index in [1.165, 1.54) is 13.0 Å². The number of carbonyl (C=O) groups is 1. The summed E-state index contributed by atoms with van der Waals surface area (Å²) in [5, 5.41) is 6.95. The van der Waals surface area contributed by atoms with Gasteiger partial charge in [-0.3, -0.25) is 4.79 Å². The number of benzene rings is 1. The van der Waals surface area contributed by atoms with Crippen LogP contribution in [0, 0.1) is 6.92 Å². The van der Waals surface area contributed by atoms with Crippen molar-refractivity contribution < 1.29 is 22.7 Å². The predicted molar refractivity (Wildman–Crippen MR) is 103 cm³/mol. The van der Waals surface area contributed by atoms with Crippen LogP contribution >= 0.6 is 0 Å². The number of aryl methyl sites for hydroxylation is 1. The standard InChI is InChI=1S/C21H21F3N4O2/c1-13-10-17(21(22,23)24)28-18(25-13)12-16(27-28)19(29)26-20(8-3-4-9-20)14-6-5-7-15(11-14)30-2/h5-7,10-12H,3-4,8-9H2,1-2H3,(H,26,29). The molecular formula is C21H21F3N4O2. The number of carbonyl (C=O) groups excluding carboxylic acids is 1. The van der Waals surface area contributed by atoms with Gasteiger partial charge in [-0.25, -0.2) is 9.50 Å². The molecule has 2 heterocycles. The Labute approximate surface area is 171 Å². The van der Waals surface area contributed by atoms with E-state index in [9.17, 15) is 18.0 Å². The number of alkyl halides is 3. The molecule has 1 amide bonds. The first-order chi connectivity index (χ1) is 14.2. The molecule has 1 N–H and O–H groups in total. The van der Waals surface area contributed by atoms with E-state index in [0.29, 0.717) is 10.3 Å². The number of amides is 1. The van der Waals surface area contributed by atoms with Gasteiger partial charge in [0.2, 0.25) is 0 Å². The first kappa shape index (κ1) is 20.2. The average molecular weight is 418 g/mol. The molecule has 4 rings (SSSR count). The van der Waals surface area contributed by atoms with Gasteiger partial charge in [0.1, 0.15) is 11.4 Å². The molecular weight excluding hydrogens is 397 g/mol. The highest BCUT2D eigenvalue weighted by Crippen LogP contribution is 2.40. The Morgan fingerprint density at radius 1 is 1.20 bits per heavy atom. The molecule has 30 heavy (non-hydrogen) atoms. The Morgan fingerprint density at radius 2 is 1.93 bits per heavy atom. The minimum absolute atomic E-state index is 0.0191. The van der Waals surface area contributed by atoms with Gasteiger partial charge in [-0.15, -0.1) is 0 Å². The fourth-order valence-electron chi connectivity index (χ4n) is 4.08. The fraction of sp³-hybridized carbons (Fsp3) is 0.381. The Kier molecular flexibility index (Phi) is 4.91. The lowest BCUT2D eigenvalue weighted by Crippen LogP contribution is -2.44. The zero-order valence-electron chi connectivity index (χ0n) is 16.6. The van der Waals surface area contributed by atoms with Crippen LogP contribution in [0.2, 0.25) is 0 Å². The molecule has 2 aromatic heterocycles. The second kappa shape index (κ2) is 7.30. The van der Waals surface area contributed by atoms with Crippen LogP contribution < -0.4 is 10.1 Å². The van der Waals surface area contributed by atoms with Crippen molar-refractivity contribution in [2.24, 2.45) is 0 Å². The minimum Gasteiger partial charge on any atom is -0.497 e. The van der Waals surface area contributed by atoms with Gasteiger partial charge in [0, 0.05) is 11.8 Å². The van der Waals surface area contributed by atoms with Gasteiger partial charge >= 0.3 is 6.18 Å². The summed E-state index contributed by atoms with van der Waals surface area (Å²) in [6, 6.07) is 9.67. The number of hydrogen-bond donors (Lipinski definition) is 1. The molecule has 0 radical (unpaired) electrons. The highest BCUT2D eigenvalue weighted by atomic mass is 19.4. The zero-order valence-corrected chi connectivity index (χ0v) is 16.6. The minimum atomic E-state index is -4.61. The topological polar surface area (TPSA) is 68.5 Å². The van der Waals surface area contributed by atoms with E-state index in [2.05, 4.69) is 15.4 Å². The zero-order chi connectivity index (χ0) is 21.5. The van der Waals surface area contributed by atoms with Crippen molar-refractivity contribution in [3.8, 4) is 5.75 Å². The van der Waals surface area contributed by atoms with E-state index in [4.69, 9.17) is 4.74 Å². The van der Waals surface area contributed by atoms with E-state index in [0.717, 1.165) is 37.3 Å². The summed E-state index contributed by atoms with van der Waals surface area (Å²) >= 11 is 0. The highest BCUT2D eigenvalue weighted by molar-refractivity contribution is 5.94. The molecule has 0 atom stereocenters. The summed E-state index contributed by atoms with van der Waals surface area (Å²) in [5.74, 6) is 0.145. The number of ether oxygens (including phenoxy) is 1. The van der Waals surface area contributed by atoms with E-state index >= 15 is 0 Å². The van der Waals surface area contributed by atoms with E-state index in [-0.39, 0.29) is 17.0 Å². The summed E-state index contributed by atoms with van der Waals surface area (Å²) in [7, 11) is 1.57. The third-order valence-corrected chi connectivity index (χ3v) is 5.51. The Morgan fingerprint density at radius 3 is 2.60 bits per heavy atom. The van der Waals surface area contributed by atoms with Crippen LogP contribution in [0.1, 0.15) is 53.1 Å². The van der Waals surface area contributed by atoms with Gasteiger partial charge < -0.3 is 10.1 Å². The van der Waals surface area contributed by atoms with Crippen LogP contribution in [-0.2, 0) is 11.7 Å². The third-order valence-electron chi connectivity index (χ3n) is 5.51. The molecule has 3 aromatic rings. The predicted octanol–water partition coefficient (Wildman–Crippen LogP) is 4.26. The first-order valence-corrected chi connectivity index (χ1v) is 9.63. The molecule has 9 heteroatoms. The maximum Gasteiger partial charge on any atom is 0.433 e. The van der Waals surface area contributed by atoms with Gasteiger partial charge in [-0.2, -0.15) is 18.3 Å². The van der Waals surface area contributed by atoms with Gasteiger partial charge in [0.15, 0.2) is 11.3 Å². The van der Waals surface area contributed by atoms with Crippen molar-refractivity contribution in [3.63, 3.8) is 0 Å². The molecule has 6 nitrogen and oxygen atoms in total. The van der Waals surface area contributed by atoms with Crippen LogP contribution in [0.3, 0.4) is 0 Å². The lowest BCUT2D eigenvalue weighted by atomic mass is 9.87. The number of halogens is 3. The summed E-state index contributed by atoms with van der Waals surface area (Å²) in [6.45, 7) is 1.47. The summed E-state index contributed by atoms with van der Waals surface area (Å²) in [4.78, 5) is 17.1. The lowest BCUT2D eigenvalue weighted by Gasteiger charge is -2.31. The maximum atomic E-state index is 13.4. The van der Waals surface area contributed by atoms with Crippen LogP contribution in [0.15, 0.2) is 36.4 Å². The first-order valence-electron chi connectivity index (χ1n) is 9.63. The van der Waals surface area contributed by atoms with Gasteiger partial charge in [0.05, 0.1) is 12.6 Å². The SMILES string of the molecule is COc1cccc(C2(NC(=O)c3cc4nc(C)cc(C(F)(F)F)n4n3)CCCC2)c1. The molecule has 0 aliphatic heterocycles. The van der Waals surface area contributed by atoms with Crippen molar-refractivity contribution in [3.05, 3.63) is 59.0 Å². The van der Waals surface area contributed by atoms with Gasteiger partial charge in [0.25, 0.3) is 5.91 Å². The number of rotatable bonds is 4. The van der Waals surface area contributed by atoms with Gasteiger partial charge in [-0.1, -0.05) is 25.0 Å². The lowest BCUT2D eigenvalue weighted by molar-refractivity contribution is -0.142. The smallest absolute Gasteiger partial charge is 0.433 e. The molecule has 1 fully saturated rings. The molecule has 1 aliphatic rings. The second-order valence-corrected chi connectivity index (χ2v) is 7.56. The van der Waals surface area contributed by atoms with Crippen LogP contribution in [0.5, 0.6) is 5.75 Å². The Hall–Kier alpha value is -3.10. The molecule has 1 aliphatic carbocycles. The molecule has 1 saturated carbocycles. The normalized spacial score (nSPS) is 16.0. The average Bonchev–Trinajstić information content (AvgIpc) is 3.34. The molecule has 0 spiro atoms. The number of aromatic nitrogens is 3. The van der Waals surface area contributed by atoms with E-state index in [1.54, 1.807) is 7.11 Å². The monoisotopic (exact) mass is 418 g/mol. The second-order valence-electron chi connectivity index (χ2n) is 7.56. The number of methoxy groups -OCH3 is 1. The molecule has 0 unspecified atom stereocenters. The largest absolute Gasteiger partial charge is 0.497 e. The quantitative estimate of drug-likeness (QED) is 0.687.